The van der Waals surface area contributed by atoms with E-state index in [2.05, 4.69) is 11.4 Å². The van der Waals surface area contributed by atoms with Crippen molar-refractivity contribution < 1.29 is 9.59 Å². The Morgan fingerprint density at radius 3 is 2.54 bits per heavy atom. The number of likely N-dealkylation sites (tertiary alicyclic amines) is 1. The molecule has 3 amide bonds. The Labute approximate surface area is 155 Å². The molecular weight excluding hydrogens is 326 g/mol. The lowest BCUT2D eigenvalue weighted by molar-refractivity contribution is -0.124. The highest BCUT2D eigenvalue weighted by Crippen LogP contribution is 2.47. The number of urea groups is 1. The minimum atomic E-state index is -0.436. The fourth-order valence-electron chi connectivity index (χ4n) is 5.00. The third-order valence-electron chi connectivity index (χ3n) is 6.52. The van der Waals surface area contributed by atoms with Crippen molar-refractivity contribution in [3.63, 3.8) is 0 Å². The van der Waals surface area contributed by atoms with E-state index < -0.39 is 5.41 Å². The molecule has 5 nitrogen and oxygen atoms in total. The smallest absolute Gasteiger partial charge is 0.317 e. The lowest BCUT2D eigenvalue weighted by atomic mass is 9.73. The number of rotatable bonds is 2. The van der Waals surface area contributed by atoms with Gasteiger partial charge < -0.3 is 15.1 Å². The molecule has 26 heavy (non-hydrogen) atoms. The summed E-state index contributed by atoms with van der Waals surface area (Å²) in [5.41, 5.74) is 1.77. The van der Waals surface area contributed by atoms with Crippen LogP contribution in [0.5, 0.6) is 0 Å². The molecule has 2 aliphatic heterocycles. The van der Waals surface area contributed by atoms with E-state index >= 15 is 0 Å². The van der Waals surface area contributed by atoms with Crippen LogP contribution >= 0.6 is 0 Å². The number of fused-ring (bicyclic) bond motifs is 2. The first kappa shape index (κ1) is 17.4. The van der Waals surface area contributed by atoms with Gasteiger partial charge in [-0.05, 0) is 44.2 Å². The van der Waals surface area contributed by atoms with Gasteiger partial charge in [0, 0.05) is 31.4 Å². The fourth-order valence-corrected chi connectivity index (χ4v) is 5.00. The average Bonchev–Trinajstić information content (AvgIpc) is 2.91. The highest BCUT2D eigenvalue weighted by molar-refractivity contribution is 6.08. The summed E-state index contributed by atoms with van der Waals surface area (Å²) in [5.74, 6) is 0.216. The number of amides is 3. The zero-order chi connectivity index (χ0) is 18.1. The zero-order valence-electron chi connectivity index (χ0n) is 15.7. The zero-order valence-corrected chi connectivity index (χ0v) is 15.7. The Kier molecular flexibility index (Phi) is 4.63. The third kappa shape index (κ3) is 2.78. The number of hydrogen-bond acceptors (Lipinski definition) is 2. The summed E-state index contributed by atoms with van der Waals surface area (Å²) >= 11 is 0. The molecule has 1 aromatic carbocycles. The van der Waals surface area contributed by atoms with Gasteiger partial charge >= 0.3 is 6.03 Å². The molecule has 2 fully saturated rings. The monoisotopic (exact) mass is 355 g/mol. The Bertz CT molecular complexity index is 688. The number of hydrogen-bond donors (Lipinski definition) is 1. The quantitative estimate of drug-likeness (QED) is 0.884. The van der Waals surface area contributed by atoms with E-state index in [1.165, 1.54) is 19.3 Å². The first-order valence-electron chi connectivity index (χ1n) is 10.1. The maximum atomic E-state index is 13.2. The number of carbonyl (C=O) groups excluding carboxylic acids is 2. The summed E-state index contributed by atoms with van der Waals surface area (Å²) in [7, 11) is 0. The van der Waals surface area contributed by atoms with Crippen LogP contribution in [0.4, 0.5) is 10.5 Å². The van der Waals surface area contributed by atoms with Crippen molar-refractivity contribution in [1.29, 1.82) is 0 Å². The van der Waals surface area contributed by atoms with Crippen molar-refractivity contribution in [3.8, 4) is 0 Å². The van der Waals surface area contributed by atoms with Gasteiger partial charge in [-0.15, -0.1) is 0 Å². The molecule has 0 unspecified atom stereocenters. The molecule has 0 bridgehead atoms. The average molecular weight is 355 g/mol. The van der Waals surface area contributed by atoms with Gasteiger partial charge in [-0.25, -0.2) is 4.79 Å². The number of nitrogens with one attached hydrogen (secondary N) is 1. The van der Waals surface area contributed by atoms with Gasteiger partial charge in [-0.3, -0.25) is 4.79 Å². The van der Waals surface area contributed by atoms with Crippen LogP contribution < -0.4 is 10.2 Å². The molecule has 1 saturated heterocycles. The number of anilines is 1. The number of carbonyl (C=O) groups is 2. The Balaban J connectivity index is 1.46. The molecule has 0 aromatic heterocycles. The predicted molar refractivity (Wildman–Crippen MR) is 102 cm³/mol. The third-order valence-corrected chi connectivity index (χ3v) is 6.52. The highest BCUT2D eigenvalue weighted by Gasteiger charge is 2.51. The van der Waals surface area contributed by atoms with Crippen molar-refractivity contribution in [2.24, 2.45) is 0 Å². The van der Waals surface area contributed by atoms with Gasteiger partial charge in [0.05, 0.1) is 5.41 Å². The molecule has 1 aliphatic carbocycles. The molecule has 1 aromatic rings. The SMILES string of the molecule is CCN1C(=O)C2(CCN(C(=O)NC3CCCCC3)CC2)c2ccccc21. The molecule has 140 valence electrons. The molecule has 1 saturated carbocycles. The van der Waals surface area contributed by atoms with Crippen LogP contribution in [-0.2, 0) is 10.2 Å². The van der Waals surface area contributed by atoms with E-state index in [1.807, 2.05) is 34.9 Å². The standard InChI is InChI=1S/C21H29N3O2/c1-2-24-18-11-7-6-10-17(18)21(19(24)25)12-14-23(15-13-21)20(26)22-16-8-4-3-5-9-16/h6-7,10-11,16H,2-5,8-9,12-15H2,1H3,(H,22,26). The van der Waals surface area contributed by atoms with Crippen molar-refractivity contribution in [2.45, 2.75) is 63.3 Å². The van der Waals surface area contributed by atoms with Gasteiger partial charge in [-0.1, -0.05) is 37.5 Å². The molecule has 0 atom stereocenters. The number of piperidine rings is 1. The van der Waals surface area contributed by atoms with Gasteiger partial charge in [0.2, 0.25) is 5.91 Å². The summed E-state index contributed by atoms with van der Waals surface area (Å²) in [6.07, 6.45) is 7.35. The van der Waals surface area contributed by atoms with E-state index in [-0.39, 0.29) is 11.9 Å². The minimum absolute atomic E-state index is 0.0535. The number of likely N-dealkylation sites (N-methyl/N-ethyl adjacent to an activating group) is 1. The van der Waals surface area contributed by atoms with Gasteiger partial charge in [0.1, 0.15) is 0 Å². The predicted octanol–water partition coefficient (Wildman–Crippen LogP) is 3.43. The Morgan fingerprint density at radius 2 is 1.85 bits per heavy atom. The molecule has 2 heterocycles. The summed E-state index contributed by atoms with van der Waals surface area (Å²) in [6, 6.07) is 8.55. The summed E-state index contributed by atoms with van der Waals surface area (Å²) in [4.78, 5) is 29.6. The molecular formula is C21H29N3O2. The van der Waals surface area contributed by atoms with Crippen molar-refractivity contribution in [2.75, 3.05) is 24.5 Å². The van der Waals surface area contributed by atoms with E-state index in [0.29, 0.717) is 25.7 Å². The molecule has 5 heteroatoms. The molecule has 4 rings (SSSR count). The van der Waals surface area contributed by atoms with Crippen LogP contribution in [0.15, 0.2) is 24.3 Å². The van der Waals surface area contributed by atoms with E-state index in [4.69, 9.17) is 0 Å². The maximum absolute atomic E-state index is 13.2. The fraction of sp³-hybridized carbons (Fsp3) is 0.619. The van der Waals surface area contributed by atoms with Crippen LogP contribution in [0.2, 0.25) is 0 Å². The van der Waals surface area contributed by atoms with Crippen molar-refractivity contribution in [1.82, 2.24) is 10.2 Å². The molecule has 3 aliphatic rings. The summed E-state index contributed by atoms with van der Waals surface area (Å²) in [5, 5.41) is 3.21. The lowest BCUT2D eigenvalue weighted by Crippen LogP contribution is -2.53. The van der Waals surface area contributed by atoms with E-state index in [0.717, 1.165) is 36.9 Å². The molecule has 1 spiro atoms. The van der Waals surface area contributed by atoms with Crippen LogP contribution in [0, 0.1) is 0 Å². The largest absolute Gasteiger partial charge is 0.335 e. The van der Waals surface area contributed by atoms with Gasteiger partial charge in [-0.2, -0.15) is 0 Å². The van der Waals surface area contributed by atoms with Gasteiger partial charge in [0.15, 0.2) is 0 Å². The molecule has 0 radical (unpaired) electrons. The van der Waals surface area contributed by atoms with Crippen molar-refractivity contribution >= 4 is 17.6 Å². The number of benzene rings is 1. The second kappa shape index (κ2) is 6.93. The van der Waals surface area contributed by atoms with Crippen molar-refractivity contribution in [3.05, 3.63) is 29.8 Å². The second-order valence-corrected chi connectivity index (χ2v) is 7.92. The highest BCUT2D eigenvalue weighted by atomic mass is 16.2. The minimum Gasteiger partial charge on any atom is -0.335 e. The van der Waals surface area contributed by atoms with Gasteiger partial charge in [0.25, 0.3) is 0 Å². The number of nitrogens with zero attached hydrogens (tertiary/aromatic N) is 2. The molecule has 1 N–H and O–H groups in total. The topological polar surface area (TPSA) is 52.7 Å². The summed E-state index contributed by atoms with van der Waals surface area (Å²) < 4.78 is 0. The van der Waals surface area contributed by atoms with Crippen LogP contribution in [0.3, 0.4) is 0 Å². The maximum Gasteiger partial charge on any atom is 0.317 e. The second-order valence-electron chi connectivity index (χ2n) is 7.92. The first-order valence-corrected chi connectivity index (χ1v) is 10.1. The van der Waals surface area contributed by atoms with Crippen LogP contribution in [0.1, 0.15) is 57.4 Å². The first-order chi connectivity index (χ1) is 12.7. The van der Waals surface area contributed by atoms with E-state index in [1.54, 1.807) is 0 Å². The van der Waals surface area contributed by atoms with Crippen LogP contribution in [0.25, 0.3) is 0 Å². The summed E-state index contributed by atoms with van der Waals surface area (Å²) in [6.45, 7) is 4.02. The normalized spacial score (nSPS) is 22.6. The van der Waals surface area contributed by atoms with E-state index in [9.17, 15) is 9.59 Å². The number of para-hydroxylation sites is 1. The Morgan fingerprint density at radius 1 is 1.15 bits per heavy atom. The lowest BCUT2D eigenvalue weighted by Gasteiger charge is -2.39. The Hall–Kier alpha value is -2.04. The van der Waals surface area contributed by atoms with Crippen LogP contribution in [-0.4, -0.2) is 42.5 Å².